The number of fused-ring (bicyclic) bond motifs is 5. The van der Waals surface area contributed by atoms with Crippen LogP contribution in [0.1, 0.15) is 124 Å². The lowest BCUT2D eigenvalue weighted by molar-refractivity contribution is -0.290. The molecule has 5 heteroatoms. The second-order valence-corrected chi connectivity index (χ2v) is 15.0. The molecule has 0 bridgehead atoms. The molecule has 2 N–H and O–H groups in total. The number of hydrogen-bond donors (Lipinski definition) is 2. The maximum absolute atomic E-state index is 13.6. The van der Waals surface area contributed by atoms with Crippen molar-refractivity contribution >= 4 is 0 Å². The second-order valence-electron chi connectivity index (χ2n) is 15.0. The van der Waals surface area contributed by atoms with Crippen molar-refractivity contribution in [1.29, 1.82) is 0 Å². The minimum Gasteiger partial charge on any atom is -0.390 e. The summed E-state index contributed by atoms with van der Waals surface area (Å²) in [5.74, 6) is 3.86. The van der Waals surface area contributed by atoms with Crippen LogP contribution in [0, 0.1) is 52.3 Å². The standard InChI is InChI=1S/C31H51F3O2/c1-20-9-14-29(35,15-10-20)16-11-21(2)24-7-8-25-23-6-5-22-19-30(36,31(32,33)34)18-17-27(22,3)26(23)12-13-28(24,25)4/h20-26,35-36H,5-19H2,1-4H3/t20-,21-,22+,23+,24-,25+,26+,27+,28-,29-,30+/m1/s1. The highest BCUT2D eigenvalue weighted by Gasteiger charge is 2.65. The average molecular weight is 513 g/mol. The third-order valence-electron chi connectivity index (χ3n) is 13.3. The van der Waals surface area contributed by atoms with Gasteiger partial charge in [-0.15, -0.1) is 0 Å². The Morgan fingerprint density at radius 1 is 0.806 bits per heavy atom. The summed E-state index contributed by atoms with van der Waals surface area (Å²) in [4.78, 5) is 0. The molecule has 0 spiro atoms. The summed E-state index contributed by atoms with van der Waals surface area (Å²) < 4.78 is 40.9. The summed E-state index contributed by atoms with van der Waals surface area (Å²) in [5, 5.41) is 21.6. The third-order valence-corrected chi connectivity index (χ3v) is 13.3. The molecule has 5 fully saturated rings. The zero-order valence-corrected chi connectivity index (χ0v) is 23.2. The topological polar surface area (TPSA) is 40.5 Å². The van der Waals surface area contributed by atoms with Crippen molar-refractivity contribution in [3.05, 3.63) is 0 Å². The Balaban J connectivity index is 1.25. The summed E-state index contributed by atoms with van der Waals surface area (Å²) in [7, 11) is 0. The van der Waals surface area contributed by atoms with Crippen molar-refractivity contribution < 1.29 is 23.4 Å². The van der Waals surface area contributed by atoms with Gasteiger partial charge in [0.1, 0.15) is 0 Å². The van der Waals surface area contributed by atoms with Gasteiger partial charge < -0.3 is 10.2 Å². The molecule has 0 aromatic carbocycles. The predicted molar refractivity (Wildman–Crippen MR) is 137 cm³/mol. The summed E-state index contributed by atoms with van der Waals surface area (Å²) in [6.45, 7) is 9.54. The van der Waals surface area contributed by atoms with Gasteiger partial charge in [-0.05, 0) is 149 Å². The van der Waals surface area contributed by atoms with Crippen LogP contribution >= 0.6 is 0 Å². The quantitative estimate of drug-likeness (QED) is 0.398. The molecule has 208 valence electrons. The van der Waals surface area contributed by atoms with Gasteiger partial charge in [-0.2, -0.15) is 13.2 Å². The summed E-state index contributed by atoms with van der Waals surface area (Å²) in [6, 6.07) is 0. The molecule has 5 aliphatic rings. The smallest absolute Gasteiger partial charge is 0.390 e. The van der Waals surface area contributed by atoms with Gasteiger partial charge in [0.05, 0.1) is 5.60 Å². The summed E-state index contributed by atoms with van der Waals surface area (Å²) in [6.07, 6.45) is 8.78. The first-order valence-corrected chi connectivity index (χ1v) is 15.2. The minimum atomic E-state index is -4.52. The molecule has 0 unspecified atom stereocenters. The van der Waals surface area contributed by atoms with Crippen LogP contribution < -0.4 is 0 Å². The number of rotatable bonds is 4. The number of halogens is 3. The molecular weight excluding hydrogens is 461 g/mol. The highest BCUT2D eigenvalue weighted by atomic mass is 19.4. The second kappa shape index (κ2) is 9.14. The third kappa shape index (κ3) is 4.38. The zero-order valence-electron chi connectivity index (χ0n) is 23.2. The van der Waals surface area contributed by atoms with Crippen molar-refractivity contribution in [2.75, 3.05) is 0 Å². The molecule has 5 aliphatic carbocycles. The Hall–Kier alpha value is -0.290. The maximum Gasteiger partial charge on any atom is 0.417 e. The Labute approximate surface area is 217 Å². The number of alkyl halides is 3. The molecule has 36 heavy (non-hydrogen) atoms. The van der Waals surface area contributed by atoms with Gasteiger partial charge in [-0.3, -0.25) is 0 Å². The average Bonchev–Trinajstić information content (AvgIpc) is 3.17. The highest BCUT2D eigenvalue weighted by Crippen LogP contribution is 2.69. The molecule has 0 aliphatic heterocycles. The van der Waals surface area contributed by atoms with E-state index in [1.54, 1.807) is 0 Å². The van der Waals surface area contributed by atoms with Crippen LogP contribution in [0.25, 0.3) is 0 Å². The van der Waals surface area contributed by atoms with Crippen molar-refractivity contribution in [3.8, 4) is 0 Å². The monoisotopic (exact) mass is 512 g/mol. The van der Waals surface area contributed by atoms with E-state index in [0.717, 1.165) is 63.7 Å². The zero-order chi connectivity index (χ0) is 26.1. The normalized spacial score (nSPS) is 52.2. The lowest BCUT2D eigenvalue weighted by Crippen LogP contribution is -2.59. The van der Waals surface area contributed by atoms with Gasteiger partial charge in [-0.1, -0.05) is 27.7 Å². The SMILES string of the molecule is C[C@H](CC[C@]1(O)CC[C@H](C)CC1)[C@H]1CC[C@H]2[C@@H]3CC[C@H]4C[C@](O)(C(F)(F)F)CC[C@]4(C)[C@H]3CC[C@]12C. The molecule has 9 atom stereocenters. The summed E-state index contributed by atoms with van der Waals surface area (Å²) in [5.41, 5.74) is -2.67. The lowest BCUT2D eigenvalue weighted by Gasteiger charge is -2.62. The van der Waals surface area contributed by atoms with Crippen molar-refractivity contribution in [2.45, 2.75) is 141 Å². The molecule has 0 aromatic heterocycles. The van der Waals surface area contributed by atoms with Gasteiger partial charge in [0, 0.05) is 0 Å². The van der Waals surface area contributed by atoms with Crippen LogP contribution in [-0.2, 0) is 0 Å². The minimum absolute atomic E-state index is 0.0152. The first-order chi connectivity index (χ1) is 16.7. The first-order valence-electron chi connectivity index (χ1n) is 15.2. The molecule has 2 nitrogen and oxygen atoms in total. The van der Waals surface area contributed by atoms with Gasteiger partial charge in [0.2, 0.25) is 0 Å². The Kier molecular flexibility index (Phi) is 6.92. The molecular formula is C31H51F3O2. The van der Waals surface area contributed by atoms with E-state index in [0.29, 0.717) is 41.4 Å². The van der Waals surface area contributed by atoms with Crippen LogP contribution in [-0.4, -0.2) is 27.6 Å². The van der Waals surface area contributed by atoms with E-state index in [1.807, 2.05) is 0 Å². The van der Waals surface area contributed by atoms with Crippen molar-refractivity contribution in [1.82, 2.24) is 0 Å². The molecule has 0 aromatic rings. The fourth-order valence-corrected chi connectivity index (χ4v) is 10.7. The number of aliphatic hydroxyl groups is 2. The Morgan fingerprint density at radius 3 is 2.14 bits per heavy atom. The molecule has 0 radical (unpaired) electrons. The molecule has 5 rings (SSSR count). The largest absolute Gasteiger partial charge is 0.417 e. The van der Waals surface area contributed by atoms with E-state index in [2.05, 4.69) is 27.7 Å². The summed E-state index contributed by atoms with van der Waals surface area (Å²) >= 11 is 0. The fourth-order valence-electron chi connectivity index (χ4n) is 10.7. The molecule has 0 amide bonds. The van der Waals surface area contributed by atoms with Crippen LogP contribution in [0.5, 0.6) is 0 Å². The molecule has 0 saturated heterocycles. The van der Waals surface area contributed by atoms with E-state index >= 15 is 0 Å². The Morgan fingerprint density at radius 2 is 1.47 bits per heavy atom. The fraction of sp³-hybridized carbons (Fsp3) is 1.00. The Bertz CT molecular complexity index is 804. The van der Waals surface area contributed by atoms with Crippen molar-refractivity contribution in [2.24, 2.45) is 52.3 Å². The van der Waals surface area contributed by atoms with E-state index in [1.165, 1.54) is 19.3 Å². The van der Waals surface area contributed by atoms with Crippen LogP contribution in [0.3, 0.4) is 0 Å². The van der Waals surface area contributed by atoms with E-state index in [9.17, 15) is 23.4 Å². The maximum atomic E-state index is 13.6. The van der Waals surface area contributed by atoms with Gasteiger partial charge in [0.15, 0.2) is 5.60 Å². The molecule has 5 saturated carbocycles. The van der Waals surface area contributed by atoms with Crippen LogP contribution in [0.15, 0.2) is 0 Å². The highest BCUT2D eigenvalue weighted by molar-refractivity contribution is 5.11. The lowest BCUT2D eigenvalue weighted by atomic mass is 9.43. The van der Waals surface area contributed by atoms with Crippen molar-refractivity contribution in [3.63, 3.8) is 0 Å². The van der Waals surface area contributed by atoms with Gasteiger partial charge >= 0.3 is 6.18 Å². The van der Waals surface area contributed by atoms with Gasteiger partial charge in [-0.25, -0.2) is 0 Å². The van der Waals surface area contributed by atoms with E-state index in [-0.39, 0.29) is 24.2 Å². The number of hydrogen-bond acceptors (Lipinski definition) is 2. The molecule has 0 heterocycles. The van der Waals surface area contributed by atoms with E-state index < -0.39 is 17.4 Å². The first kappa shape index (κ1) is 27.3. The van der Waals surface area contributed by atoms with Crippen LogP contribution in [0.4, 0.5) is 13.2 Å². The predicted octanol–water partition coefficient (Wildman–Crippen LogP) is 8.30. The van der Waals surface area contributed by atoms with Crippen LogP contribution in [0.2, 0.25) is 0 Å². The van der Waals surface area contributed by atoms with Gasteiger partial charge in [0.25, 0.3) is 0 Å². The van der Waals surface area contributed by atoms with E-state index in [4.69, 9.17) is 0 Å².